The molecule has 0 aromatic heterocycles. The predicted molar refractivity (Wildman–Crippen MR) is 96.7 cm³/mol. The Bertz CT molecular complexity index is 726. The Kier molecular flexibility index (Phi) is 6.83. The van der Waals surface area contributed by atoms with Gasteiger partial charge in [0.25, 0.3) is 5.91 Å². The van der Waals surface area contributed by atoms with Crippen LogP contribution in [0.5, 0.6) is 5.75 Å². The van der Waals surface area contributed by atoms with Gasteiger partial charge in [0.1, 0.15) is 5.75 Å². The second-order valence-electron chi connectivity index (χ2n) is 5.19. The highest BCUT2D eigenvalue weighted by atomic mass is 79.9. The standard InChI is InChI=1S/C19H19BrN2O2/c1-2-24-18-10-9-16(20)13-17(18)19(23)22(12-6-11-21)14-15-7-4-3-5-8-15/h3-5,7-10,13H,2,6,12,14H2,1H3. The van der Waals surface area contributed by atoms with Crippen molar-refractivity contribution in [3.05, 3.63) is 64.1 Å². The van der Waals surface area contributed by atoms with E-state index in [1.165, 1.54) is 0 Å². The molecule has 0 aliphatic rings. The van der Waals surface area contributed by atoms with Crippen LogP contribution >= 0.6 is 15.9 Å². The Morgan fingerprint density at radius 3 is 2.67 bits per heavy atom. The molecule has 124 valence electrons. The first-order valence-corrected chi connectivity index (χ1v) is 8.57. The van der Waals surface area contributed by atoms with Crippen LogP contribution in [-0.2, 0) is 6.54 Å². The number of amides is 1. The number of carbonyl (C=O) groups excluding carboxylic acids is 1. The number of hydrogen-bond donors (Lipinski definition) is 0. The van der Waals surface area contributed by atoms with Crippen LogP contribution in [-0.4, -0.2) is 24.0 Å². The monoisotopic (exact) mass is 386 g/mol. The third kappa shape index (κ3) is 4.84. The molecule has 0 saturated heterocycles. The summed E-state index contributed by atoms with van der Waals surface area (Å²) >= 11 is 3.41. The van der Waals surface area contributed by atoms with Crippen LogP contribution in [0, 0.1) is 11.3 Å². The van der Waals surface area contributed by atoms with Gasteiger partial charge in [-0.3, -0.25) is 4.79 Å². The zero-order chi connectivity index (χ0) is 17.4. The van der Waals surface area contributed by atoms with Crippen LogP contribution in [0.1, 0.15) is 29.3 Å². The third-order valence-electron chi connectivity index (χ3n) is 3.47. The highest BCUT2D eigenvalue weighted by Gasteiger charge is 2.20. The van der Waals surface area contributed by atoms with Gasteiger partial charge in [0, 0.05) is 17.6 Å². The van der Waals surface area contributed by atoms with Gasteiger partial charge in [0.05, 0.1) is 24.7 Å². The molecule has 0 aliphatic heterocycles. The van der Waals surface area contributed by atoms with Crippen LogP contribution in [0.3, 0.4) is 0 Å². The molecule has 0 radical (unpaired) electrons. The molecule has 0 atom stereocenters. The van der Waals surface area contributed by atoms with Gasteiger partial charge in [-0.05, 0) is 30.7 Å². The number of benzene rings is 2. The van der Waals surface area contributed by atoms with Crippen molar-refractivity contribution in [2.24, 2.45) is 0 Å². The lowest BCUT2D eigenvalue weighted by Crippen LogP contribution is -2.31. The summed E-state index contributed by atoms with van der Waals surface area (Å²) in [6.45, 7) is 3.20. The summed E-state index contributed by atoms with van der Waals surface area (Å²) in [5.41, 5.74) is 1.52. The summed E-state index contributed by atoms with van der Waals surface area (Å²) in [5, 5.41) is 8.90. The van der Waals surface area contributed by atoms with Crippen molar-refractivity contribution < 1.29 is 9.53 Å². The quantitative estimate of drug-likeness (QED) is 0.708. The first-order chi connectivity index (χ1) is 11.7. The summed E-state index contributed by atoms with van der Waals surface area (Å²) in [6.07, 6.45) is 0.288. The van der Waals surface area contributed by atoms with Gasteiger partial charge in [-0.15, -0.1) is 0 Å². The van der Waals surface area contributed by atoms with E-state index in [1.807, 2.05) is 43.3 Å². The molecule has 0 fully saturated rings. The fourth-order valence-electron chi connectivity index (χ4n) is 2.36. The molecule has 1 amide bonds. The molecular formula is C19H19BrN2O2. The maximum absolute atomic E-state index is 13.0. The van der Waals surface area contributed by atoms with Gasteiger partial charge in [0.2, 0.25) is 0 Å². The van der Waals surface area contributed by atoms with E-state index in [0.29, 0.717) is 31.0 Å². The number of nitriles is 1. The summed E-state index contributed by atoms with van der Waals surface area (Å²) in [7, 11) is 0. The zero-order valence-corrected chi connectivity index (χ0v) is 15.1. The molecule has 2 rings (SSSR count). The molecule has 0 heterocycles. The van der Waals surface area contributed by atoms with Gasteiger partial charge in [-0.25, -0.2) is 0 Å². The third-order valence-corrected chi connectivity index (χ3v) is 3.96. The number of carbonyl (C=O) groups is 1. The number of ether oxygens (including phenoxy) is 1. The van der Waals surface area contributed by atoms with Gasteiger partial charge in [0.15, 0.2) is 0 Å². The first kappa shape index (κ1) is 18.0. The molecule has 0 N–H and O–H groups in total. The lowest BCUT2D eigenvalue weighted by Gasteiger charge is -2.23. The lowest BCUT2D eigenvalue weighted by atomic mass is 10.1. The first-order valence-electron chi connectivity index (χ1n) is 7.78. The Balaban J connectivity index is 2.30. The zero-order valence-electron chi connectivity index (χ0n) is 13.5. The summed E-state index contributed by atoms with van der Waals surface area (Å²) in [4.78, 5) is 14.7. The summed E-state index contributed by atoms with van der Waals surface area (Å²) < 4.78 is 6.40. The van der Waals surface area contributed by atoms with E-state index in [2.05, 4.69) is 22.0 Å². The molecule has 2 aromatic carbocycles. The average Bonchev–Trinajstić information content (AvgIpc) is 2.60. The van der Waals surface area contributed by atoms with Crippen molar-refractivity contribution >= 4 is 21.8 Å². The number of rotatable bonds is 7. The number of hydrogen-bond acceptors (Lipinski definition) is 3. The number of halogens is 1. The van der Waals surface area contributed by atoms with Crippen molar-refractivity contribution in [2.45, 2.75) is 19.9 Å². The van der Waals surface area contributed by atoms with Crippen molar-refractivity contribution in [2.75, 3.05) is 13.2 Å². The SMILES string of the molecule is CCOc1ccc(Br)cc1C(=O)N(CCC#N)Cc1ccccc1. The largest absolute Gasteiger partial charge is 0.493 e. The minimum Gasteiger partial charge on any atom is -0.493 e. The van der Waals surface area contributed by atoms with Crippen LogP contribution in [0.25, 0.3) is 0 Å². The predicted octanol–water partition coefficient (Wildman–Crippen LogP) is 4.40. The Hall–Kier alpha value is -2.32. The maximum atomic E-state index is 13.0. The topological polar surface area (TPSA) is 53.3 Å². The Morgan fingerprint density at radius 1 is 1.25 bits per heavy atom. The lowest BCUT2D eigenvalue weighted by molar-refractivity contribution is 0.0742. The normalized spacial score (nSPS) is 10.0. The maximum Gasteiger partial charge on any atom is 0.257 e. The molecule has 0 spiro atoms. The fourth-order valence-corrected chi connectivity index (χ4v) is 2.72. The van der Waals surface area contributed by atoms with Crippen LogP contribution in [0.4, 0.5) is 0 Å². The Morgan fingerprint density at radius 2 is 2.00 bits per heavy atom. The summed E-state index contributed by atoms with van der Waals surface area (Å²) in [5.74, 6) is 0.416. The molecule has 0 aliphatic carbocycles. The van der Waals surface area contributed by atoms with E-state index in [4.69, 9.17) is 10.00 Å². The van der Waals surface area contributed by atoms with Crippen LogP contribution < -0.4 is 4.74 Å². The van der Waals surface area contributed by atoms with Gasteiger partial charge < -0.3 is 9.64 Å². The minimum absolute atomic E-state index is 0.140. The van der Waals surface area contributed by atoms with Crippen molar-refractivity contribution in [3.63, 3.8) is 0 Å². The molecule has 24 heavy (non-hydrogen) atoms. The molecule has 2 aromatic rings. The molecule has 5 heteroatoms. The van der Waals surface area contributed by atoms with E-state index in [9.17, 15) is 4.79 Å². The molecule has 4 nitrogen and oxygen atoms in total. The van der Waals surface area contributed by atoms with Crippen molar-refractivity contribution in [3.8, 4) is 11.8 Å². The van der Waals surface area contributed by atoms with E-state index in [1.54, 1.807) is 17.0 Å². The smallest absolute Gasteiger partial charge is 0.257 e. The van der Waals surface area contributed by atoms with Gasteiger partial charge >= 0.3 is 0 Å². The van der Waals surface area contributed by atoms with E-state index >= 15 is 0 Å². The van der Waals surface area contributed by atoms with Crippen LogP contribution in [0.15, 0.2) is 53.0 Å². The van der Waals surface area contributed by atoms with Gasteiger partial charge in [-0.1, -0.05) is 46.3 Å². The Labute approximate surface area is 150 Å². The number of nitrogens with zero attached hydrogens (tertiary/aromatic N) is 2. The minimum atomic E-state index is -0.140. The highest BCUT2D eigenvalue weighted by Crippen LogP contribution is 2.25. The highest BCUT2D eigenvalue weighted by molar-refractivity contribution is 9.10. The van der Waals surface area contributed by atoms with E-state index in [-0.39, 0.29) is 12.3 Å². The molecular weight excluding hydrogens is 368 g/mol. The average molecular weight is 387 g/mol. The van der Waals surface area contributed by atoms with E-state index in [0.717, 1.165) is 10.0 Å². The fraction of sp³-hybridized carbons (Fsp3) is 0.263. The second kappa shape index (κ2) is 9.09. The van der Waals surface area contributed by atoms with Crippen molar-refractivity contribution in [1.29, 1.82) is 5.26 Å². The van der Waals surface area contributed by atoms with Gasteiger partial charge in [-0.2, -0.15) is 5.26 Å². The molecule has 0 bridgehead atoms. The molecule has 0 unspecified atom stereocenters. The van der Waals surface area contributed by atoms with E-state index < -0.39 is 0 Å². The van der Waals surface area contributed by atoms with Crippen molar-refractivity contribution in [1.82, 2.24) is 4.90 Å². The summed E-state index contributed by atoms with van der Waals surface area (Å²) in [6, 6.07) is 17.2. The molecule has 0 saturated carbocycles. The van der Waals surface area contributed by atoms with Crippen LogP contribution in [0.2, 0.25) is 0 Å². The second-order valence-corrected chi connectivity index (χ2v) is 6.11.